The molecular weight excluding hydrogens is 297 g/mol. The van der Waals surface area contributed by atoms with Gasteiger partial charge >= 0.3 is 0 Å². The summed E-state index contributed by atoms with van der Waals surface area (Å²) >= 11 is 0. The molecule has 2 rings (SSSR count). The van der Waals surface area contributed by atoms with Gasteiger partial charge in [-0.15, -0.1) is 6.42 Å². The molecule has 0 radical (unpaired) electrons. The number of Topliss-reactive ketones (excluding diaryl/α,β-unsaturated/α-hetero) is 1. The van der Waals surface area contributed by atoms with Crippen molar-refractivity contribution in [2.75, 3.05) is 44.2 Å². The molecule has 1 fully saturated rings. The molecule has 1 N–H and O–H groups in total. The van der Waals surface area contributed by atoms with Crippen molar-refractivity contribution in [2.45, 2.75) is 6.92 Å². The third-order valence-corrected chi connectivity index (χ3v) is 3.82. The molecule has 23 heavy (non-hydrogen) atoms. The molecule has 0 aromatic heterocycles. The Morgan fingerprint density at radius 3 is 2.57 bits per heavy atom. The van der Waals surface area contributed by atoms with Gasteiger partial charge in [-0.2, -0.15) is 0 Å². The normalized spacial score (nSPS) is 15.1. The number of amides is 1. The van der Waals surface area contributed by atoms with Gasteiger partial charge in [0.1, 0.15) is 5.82 Å². The van der Waals surface area contributed by atoms with Gasteiger partial charge in [-0.3, -0.25) is 14.5 Å². The number of anilines is 1. The lowest BCUT2D eigenvalue weighted by atomic mass is 10.1. The predicted molar refractivity (Wildman–Crippen MR) is 86.9 cm³/mol. The molecule has 1 aromatic rings. The average Bonchev–Trinajstić information content (AvgIpc) is 2.53. The molecule has 0 bridgehead atoms. The maximum atomic E-state index is 14.2. The Balaban J connectivity index is 1.91. The Morgan fingerprint density at radius 2 is 2.00 bits per heavy atom. The predicted octanol–water partition coefficient (Wildman–Crippen LogP) is 0.900. The van der Waals surface area contributed by atoms with Gasteiger partial charge in [0.2, 0.25) is 5.91 Å². The van der Waals surface area contributed by atoms with Crippen LogP contribution in [-0.2, 0) is 4.79 Å². The topological polar surface area (TPSA) is 52.7 Å². The van der Waals surface area contributed by atoms with Crippen LogP contribution >= 0.6 is 0 Å². The fraction of sp³-hybridized carbons (Fsp3) is 0.412. The smallest absolute Gasteiger partial charge is 0.234 e. The van der Waals surface area contributed by atoms with Crippen molar-refractivity contribution in [3.05, 3.63) is 29.6 Å². The number of benzene rings is 1. The fourth-order valence-electron chi connectivity index (χ4n) is 2.54. The largest absolute Gasteiger partial charge is 0.367 e. The standard InChI is InChI=1S/C17H20FN3O2/c1-3-6-19-17(23)12-20-7-9-21(10-8-20)16-5-4-14(13(2)22)11-15(16)18/h1,4-5,11H,6-10,12H2,2H3,(H,19,23). The van der Waals surface area contributed by atoms with E-state index in [9.17, 15) is 14.0 Å². The van der Waals surface area contributed by atoms with Gasteiger partial charge in [0, 0.05) is 31.7 Å². The molecule has 1 saturated heterocycles. The van der Waals surface area contributed by atoms with Crippen LogP contribution in [0.5, 0.6) is 0 Å². The van der Waals surface area contributed by atoms with E-state index in [4.69, 9.17) is 6.42 Å². The number of nitrogens with zero attached hydrogens (tertiary/aromatic N) is 2. The van der Waals surface area contributed by atoms with Crippen molar-refractivity contribution in [3.8, 4) is 12.3 Å². The average molecular weight is 317 g/mol. The van der Waals surface area contributed by atoms with Crippen molar-refractivity contribution in [3.63, 3.8) is 0 Å². The van der Waals surface area contributed by atoms with E-state index < -0.39 is 5.82 Å². The summed E-state index contributed by atoms with van der Waals surface area (Å²) in [6, 6.07) is 4.55. The Bertz CT molecular complexity index is 631. The lowest BCUT2D eigenvalue weighted by molar-refractivity contribution is -0.122. The van der Waals surface area contributed by atoms with Crippen LogP contribution in [0.4, 0.5) is 10.1 Å². The number of halogens is 1. The minimum absolute atomic E-state index is 0.103. The number of hydrogen-bond donors (Lipinski definition) is 1. The van der Waals surface area contributed by atoms with Crippen LogP contribution in [0, 0.1) is 18.2 Å². The molecule has 0 saturated carbocycles. The highest BCUT2D eigenvalue weighted by Crippen LogP contribution is 2.22. The highest BCUT2D eigenvalue weighted by molar-refractivity contribution is 5.94. The maximum absolute atomic E-state index is 14.2. The molecule has 6 heteroatoms. The van der Waals surface area contributed by atoms with E-state index in [0.717, 1.165) is 0 Å². The van der Waals surface area contributed by atoms with Crippen molar-refractivity contribution < 1.29 is 14.0 Å². The second-order valence-electron chi connectivity index (χ2n) is 5.47. The molecule has 1 aliphatic heterocycles. The first kappa shape index (κ1) is 17.0. The number of carbonyl (C=O) groups excluding carboxylic acids is 2. The van der Waals surface area contributed by atoms with E-state index in [1.54, 1.807) is 12.1 Å². The van der Waals surface area contributed by atoms with Crippen LogP contribution in [0.3, 0.4) is 0 Å². The van der Waals surface area contributed by atoms with Crippen LogP contribution in [0.25, 0.3) is 0 Å². The summed E-state index contributed by atoms with van der Waals surface area (Å²) in [5.74, 6) is 1.71. The summed E-state index contributed by atoms with van der Waals surface area (Å²) in [4.78, 5) is 26.8. The Hall–Kier alpha value is -2.39. The molecule has 1 aromatic carbocycles. The van der Waals surface area contributed by atoms with Crippen LogP contribution < -0.4 is 10.2 Å². The second kappa shape index (κ2) is 7.75. The minimum Gasteiger partial charge on any atom is -0.367 e. The van der Waals surface area contributed by atoms with Crippen molar-refractivity contribution in [1.29, 1.82) is 0 Å². The van der Waals surface area contributed by atoms with E-state index in [1.165, 1.54) is 13.0 Å². The molecule has 0 atom stereocenters. The summed E-state index contributed by atoms with van der Waals surface area (Å²) in [6.45, 7) is 4.51. The van der Waals surface area contributed by atoms with Gasteiger partial charge in [-0.05, 0) is 25.1 Å². The van der Waals surface area contributed by atoms with E-state index in [2.05, 4.69) is 11.2 Å². The van der Waals surface area contributed by atoms with E-state index in [1.807, 2.05) is 9.80 Å². The molecule has 0 aliphatic carbocycles. The van der Waals surface area contributed by atoms with Gasteiger partial charge in [-0.1, -0.05) is 5.92 Å². The minimum atomic E-state index is -0.391. The summed E-state index contributed by atoms with van der Waals surface area (Å²) in [5, 5.41) is 2.63. The fourth-order valence-corrected chi connectivity index (χ4v) is 2.54. The number of nitrogens with one attached hydrogen (secondary N) is 1. The number of carbonyl (C=O) groups is 2. The number of piperazine rings is 1. The highest BCUT2D eigenvalue weighted by Gasteiger charge is 2.21. The van der Waals surface area contributed by atoms with Crippen molar-refractivity contribution in [2.24, 2.45) is 0 Å². The zero-order valence-electron chi connectivity index (χ0n) is 13.1. The Morgan fingerprint density at radius 1 is 1.30 bits per heavy atom. The summed E-state index contributed by atoms with van der Waals surface area (Å²) in [7, 11) is 0. The van der Waals surface area contributed by atoms with Crippen LogP contribution in [-0.4, -0.2) is 55.9 Å². The number of ketones is 1. The van der Waals surface area contributed by atoms with Gasteiger partial charge < -0.3 is 10.2 Å². The maximum Gasteiger partial charge on any atom is 0.234 e. The summed E-state index contributed by atoms with van der Waals surface area (Å²) in [5.41, 5.74) is 0.863. The van der Waals surface area contributed by atoms with Crippen LogP contribution in [0.1, 0.15) is 17.3 Å². The van der Waals surface area contributed by atoms with Crippen LogP contribution in [0.2, 0.25) is 0 Å². The monoisotopic (exact) mass is 317 g/mol. The molecule has 122 valence electrons. The number of hydrogen-bond acceptors (Lipinski definition) is 4. The van der Waals surface area contributed by atoms with E-state index >= 15 is 0 Å². The zero-order chi connectivity index (χ0) is 16.8. The second-order valence-corrected chi connectivity index (χ2v) is 5.47. The first-order valence-corrected chi connectivity index (χ1v) is 7.49. The van der Waals surface area contributed by atoms with Crippen molar-refractivity contribution >= 4 is 17.4 Å². The molecule has 1 amide bonds. The first-order valence-electron chi connectivity index (χ1n) is 7.49. The first-order chi connectivity index (χ1) is 11.0. The quantitative estimate of drug-likeness (QED) is 0.648. The summed E-state index contributed by atoms with van der Waals surface area (Å²) < 4.78 is 14.2. The molecular formula is C17H20FN3O2. The third kappa shape index (κ3) is 4.54. The molecule has 5 nitrogen and oxygen atoms in total. The molecule has 1 aliphatic rings. The number of rotatable bonds is 5. The van der Waals surface area contributed by atoms with Gasteiger partial charge in [0.25, 0.3) is 0 Å². The highest BCUT2D eigenvalue weighted by atomic mass is 19.1. The SMILES string of the molecule is C#CCNC(=O)CN1CCN(c2ccc(C(C)=O)cc2F)CC1. The Labute approximate surface area is 135 Å². The van der Waals surface area contributed by atoms with Gasteiger partial charge in [0.15, 0.2) is 5.78 Å². The summed E-state index contributed by atoms with van der Waals surface area (Å²) in [6.07, 6.45) is 5.09. The van der Waals surface area contributed by atoms with E-state index in [0.29, 0.717) is 44.0 Å². The van der Waals surface area contributed by atoms with Gasteiger partial charge in [-0.25, -0.2) is 4.39 Å². The molecule has 0 unspecified atom stereocenters. The lowest BCUT2D eigenvalue weighted by Crippen LogP contribution is -2.49. The Kier molecular flexibility index (Phi) is 5.72. The molecule has 1 heterocycles. The lowest BCUT2D eigenvalue weighted by Gasteiger charge is -2.35. The number of terminal acetylenes is 1. The zero-order valence-corrected chi connectivity index (χ0v) is 13.1. The van der Waals surface area contributed by atoms with Crippen LogP contribution in [0.15, 0.2) is 18.2 Å². The molecule has 0 spiro atoms. The van der Waals surface area contributed by atoms with E-state index in [-0.39, 0.29) is 18.2 Å². The van der Waals surface area contributed by atoms with Gasteiger partial charge in [0.05, 0.1) is 18.8 Å². The third-order valence-electron chi connectivity index (χ3n) is 3.82. The van der Waals surface area contributed by atoms with Crippen molar-refractivity contribution in [1.82, 2.24) is 10.2 Å².